The van der Waals surface area contributed by atoms with Crippen molar-refractivity contribution in [2.45, 2.75) is 19.5 Å². The van der Waals surface area contributed by atoms with Crippen molar-refractivity contribution in [2.75, 3.05) is 33.0 Å². The van der Waals surface area contributed by atoms with Crippen LogP contribution in [-0.4, -0.2) is 59.9 Å². The molecular weight excluding hydrogens is 272 g/mol. The quantitative estimate of drug-likeness (QED) is 0.893. The average molecular weight is 292 g/mol. The molecule has 6 heteroatoms. The van der Waals surface area contributed by atoms with Crippen molar-refractivity contribution >= 4 is 5.97 Å². The number of carboxylic acids is 1. The first-order valence-electron chi connectivity index (χ1n) is 7.21. The van der Waals surface area contributed by atoms with Gasteiger partial charge in [-0.1, -0.05) is 6.07 Å². The number of hydrogen-bond acceptors (Lipinski definition) is 5. The number of fused-ring (bicyclic) bond motifs is 1. The van der Waals surface area contributed by atoms with E-state index in [2.05, 4.69) is 11.0 Å². The molecule has 2 heterocycles. The zero-order valence-electron chi connectivity index (χ0n) is 12.1. The van der Waals surface area contributed by atoms with Crippen LogP contribution in [-0.2, 0) is 11.3 Å². The fourth-order valence-corrected chi connectivity index (χ4v) is 2.76. The van der Waals surface area contributed by atoms with Crippen LogP contribution < -0.4 is 9.47 Å². The average Bonchev–Trinajstić information content (AvgIpc) is 2.95. The fourth-order valence-electron chi connectivity index (χ4n) is 2.76. The molecule has 114 valence electrons. The first-order valence-corrected chi connectivity index (χ1v) is 7.21. The Kier molecular flexibility index (Phi) is 3.98. The maximum atomic E-state index is 11.0. The van der Waals surface area contributed by atoms with Crippen molar-refractivity contribution in [1.29, 1.82) is 0 Å². The van der Waals surface area contributed by atoms with E-state index in [1.165, 1.54) is 5.56 Å². The maximum absolute atomic E-state index is 11.0. The highest BCUT2D eigenvalue weighted by Gasteiger charge is 2.25. The lowest BCUT2D eigenvalue weighted by Crippen LogP contribution is -2.51. The minimum atomic E-state index is -0.751. The van der Waals surface area contributed by atoms with Gasteiger partial charge in [0.25, 0.3) is 0 Å². The molecule has 1 N–H and O–H groups in total. The lowest BCUT2D eigenvalue weighted by atomic mass is 10.1. The lowest BCUT2D eigenvalue weighted by Gasteiger charge is -2.36. The van der Waals surface area contributed by atoms with Crippen molar-refractivity contribution in [3.8, 4) is 11.5 Å². The van der Waals surface area contributed by atoms with E-state index in [1.807, 2.05) is 17.0 Å². The Labute approximate surface area is 123 Å². The number of rotatable bonds is 4. The van der Waals surface area contributed by atoms with Gasteiger partial charge in [-0.2, -0.15) is 0 Å². The van der Waals surface area contributed by atoms with Crippen molar-refractivity contribution in [3.05, 3.63) is 23.8 Å². The summed E-state index contributed by atoms with van der Waals surface area (Å²) in [6, 6.07) is 5.62. The van der Waals surface area contributed by atoms with Crippen LogP contribution in [0.15, 0.2) is 18.2 Å². The van der Waals surface area contributed by atoms with E-state index < -0.39 is 12.0 Å². The standard InChI is InChI=1S/C15H20N2O4/c1-11(15(18)19)17-6-4-16(5-7-17)9-12-2-3-13-14(8-12)21-10-20-13/h2-3,8,11H,4-7,9-10H2,1H3,(H,18,19). The number of carbonyl (C=O) groups is 1. The molecule has 1 saturated heterocycles. The van der Waals surface area contributed by atoms with Gasteiger partial charge in [-0.05, 0) is 24.6 Å². The van der Waals surface area contributed by atoms with Crippen LogP contribution in [0.5, 0.6) is 11.5 Å². The van der Waals surface area contributed by atoms with Crippen LogP contribution in [0.3, 0.4) is 0 Å². The molecule has 0 aromatic heterocycles. The summed E-state index contributed by atoms with van der Waals surface area (Å²) in [5.74, 6) is 0.865. The molecule has 2 aliphatic heterocycles. The number of ether oxygens (including phenoxy) is 2. The molecule has 2 aliphatic rings. The molecule has 0 radical (unpaired) electrons. The number of hydrogen-bond donors (Lipinski definition) is 1. The van der Waals surface area contributed by atoms with E-state index in [1.54, 1.807) is 6.92 Å². The Morgan fingerprint density at radius 3 is 2.67 bits per heavy atom. The molecular formula is C15H20N2O4. The van der Waals surface area contributed by atoms with Gasteiger partial charge in [-0.3, -0.25) is 14.6 Å². The van der Waals surface area contributed by atoms with E-state index in [9.17, 15) is 4.79 Å². The number of nitrogens with zero attached hydrogens (tertiary/aromatic N) is 2. The Hall–Kier alpha value is -1.79. The highest BCUT2D eigenvalue weighted by Crippen LogP contribution is 2.32. The molecule has 1 aromatic carbocycles. The Morgan fingerprint density at radius 1 is 1.24 bits per heavy atom. The number of carboxylic acid groups (broad SMARTS) is 1. The zero-order valence-corrected chi connectivity index (χ0v) is 12.1. The predicted octanol–water partition coefficient (Wildman–Crippen LogP) is 1.01. The van der Waals surface area contributed by atoms with E-state index in [0.29, 0.717) is 6.79 Å². The molecule has 1 atom stereocenters. The largest absolute Gasteiger partial charge is 0.480 e. The molecule has 1 fully saturated rings. The predicted molar refractivity (Wildman–Crippen MR) is 76.5 cm³/mol. The Bertz CT molecular complexity index is 526. The third-order valence-electron chi connectivity index (χ3n) is 4.16. The summed E-state index contributed by atoms with van der Waals surface area (Å²) in [7, 11) is 0. The van der Waals surface area contributed by atoms with Gasteiger partial charge in [-0.15, -0.1) is 0 Å². The highest BCUT2D eigenvalue weighted by molar-refractivity contribution is 5.72. The number of aliphatic carboxylic acids is 1. The maximum Gasteiger partial charge on any atom is 0.320 e. The molecule has 0 amide bonds. The summed E-state index contributed by atoms with van der Waals surface area (Å²) in [5, 5.41) is 9.04. The Morgan fingerprint density at radius 2 is 1.95 bits per heavy atom. The van der Waals surface area contributed by atoms with E-state index in [4.69, 9.17) is 14.6 Å². The Balaban J connectivity index is 1.55. The molecule has 3 rings (SSSR count). The second kappa shape index (κ2) is 5.91. The molecule has 0 aliphatic carbocycles. The van der Waals surface area contributed by atoms with Crippen LogP contribution in [0.2, 0.25) is 0 Å². The fraction of sp³-hybridized carbons (Fsp3) is 0.533. The van der Waals surface area contributed by atoms with Crippen molar-refractivity contribution < 1.29 is 19.4 Å². The molecule has 1 unspecified atom stereocenters. The summed E-state index contributed by atoms with van der Waals surface area (Å²) < 4.78 is 10.7. The van der Waals surface area contributed by atoms with Crippen LogP contribution in [0.25, 0.3) is 0 Å². The normalized spacial score (nSPS) is 20.4. The second-order valence-corrected chi connectivity index (χ2v) is 5.51. The van der Waals surface area contributed by atoms with Crippen molar-refractivity contribution in [1.82, 2.24) is 9.80 Å². The van der Waals surface area contributed by atoms with Crippen LogP contribution in [0.4, 0.5) is 0 Å². The van der Waals surface area contributed by atoms with Crippen molar-refractivity contribution in [2.24, 2.45) is 0 Å². The molecule has 0 spiro atoms. The van der Waals surface area contributed by atoms with Gasteiger partial charge in [0.15, 0.2) is 11.5 Å². The van der Waals surface area contributed by atoms with Gasteiger partial charge >= 0.3 is 5.97 Å². The van der Waals surface area contributed by atoms with E-state index >= 15 is 0 Å². The van der Waals surface area contributed by atoms with Crippen LogP contribution in [0.1, 0.15) is 12.5 Å². The second-order valence-electron chi connectivity index (χ2n) is 5.51. The highest BCUT2D eigenvalue weighted by atomic mass is 16.7. The van der Waals surface area contributed by atoms with E-state index in [0.717, 1.165) is 44.2 Å². The van der Waals surface area contributed by atoms with Gasteiger partial charge in [0.05, 0.1) is 0 Å². The SMILES string of the molecule is CC(C(=O)O)N1CCN(Cc2ccc3c(c2)OCO3)CC1. The molecule has 0 bridgehead atoms. The third kappa shape index (κ3) is 3.11. The number of benzene rings is 1. The summed E-state index contributed by atoms with van der Waals surface area (Å²) in [6.07, 6.45) is 0. The first kappa shape index (κ1) is 14.2. The summed E-state index contributed by atoms with van der Waals surface area (Å²) in [4.78, 5) is 15.3. The zero-order chi connectivity index (χ0) is 14.8. The van der Waals surface area contributed by atoms with Gasteiger partial charge in [0.1, 0.15) is 6.04 Å². The lowest BCUT2D eigenvalue weighted by molar-refractivity contribution is -0.143. The minimum absolute atomic E-state index is 0.296. The first-order chi connectivity index (χ1) is 10.1. The summed E-state index contributed by atoms with van der Waals surface area (Å²) in [6.45, 7) is 6.24. The van der Waals surface area contributed by atoms with Gasteiger partial charge < -0.3 is 14.6 Å². The van der Waals surface area contributed by atoms with Gasteiger partial charge in [-0.25, -0.2) is 0 Å². The van der Waals surface area contributed by atoms with Crippen LogP contribution >= 0.6 is 0 Å². The molecule has 1 aromatic rings. The van der Waals surface area contributed by atoms with E-state index in [-0.39, 0.29) is 0 Å². The summed E-state index contributed by atoms with van der Waals surface area (Å²) >= 11 is 0. The summed E-state index contributed by atoms with van der Waals surface area (Å²) in [5.41, 5.74) is 1.19. The monoisotopic (exact) mass is 292 g/mol. The number of piperazine rings is 1. The third-order valence-corrected chi connectivity index (χ3v) is 4.16. The topological polar surface area (TPSA) is 62.2 Å². The smallest absolute Gasteiger partial charge is 0.320 e. The molecule has 21 heavy (non-hydrogen) atoms. The van der Waals surface area contributed by atoms with Gasteiger partial charge in [0.2, 0.25) is 6.79 Å². The van der Waals surface area contributed by atoms with Crippen LogP contribution in [0, 0.1) is 0 Å². The van der Waals surface area contributed by atoms with Crippen molar-refractivity contribution in [3.63, 3.8) is 0 Å². The van der Waals surface area contributed by atoms with Gasteiger partial charge in [0, 0.05) is 32.7 Å². The minimum Gasteiger partial charge on any atom is -0.480 e. The molecule has 0 saturated carbocycles. The molecule has 6 nitrogen and oxygen atoms in total.